The number of hydrogen-bond acceptors (Lipinski definition) is 5. The van der Waals surface area contributed by atoms with Crippen LogP contribution in [0.2, 0.25) is 0 Å². The van der Waals surface area contributed by atoms with Crippen LogP contribution in [0, 0.1) is 0 Å². The highest BCUT2D eigenvalue weighted by Crippen LogP contribution is 2.26. The predicted molar refractivity (Wildman–Crippen MR) is 92.0 cm³/mol. The zero-order valence-electron chi connectivity index (χ0n) is 13.0. The van der Waals surface area contributed by atoms with Crippen LogP contribution >= 0.6 is 0 Å². The van der Waals surface area contributed by atoms with Gasteiger partial charge in [-0.3, -0.25) is 5.10 Å². The van der Waals surface area contributed by atoms with Crippen LogP contribution in [0.1, 0.15) is 0 Å². The van der Waals surface area contributed by atoms with E-state index in [2.05, 4.69) is 25.1 Å². The van der Waals surface area contributed by atoms with Crippen LogP contribution in [0.5, 0.6) is 0 Å². The fourth-order valence-electron chi connectivity index (χ4n) is 3.11. The number of morpholine rings is 1. The number of aromatic amines is 2. The van der Waals surface area contributed by atoms with Crippen LogP contribution in [-0.2, 0) is 4.74 Å². The number of anilines is 1. The highest BCUT2D eigenvalue weighted by Gasteiger charge is 2.16. The molecule has 1 fully saturated rings. The third-order valence-corrected chi connectivity index (χ3v) is 4.36. The van der Waals surface area contributed by atoms with Crippen molar-refractivity contribution in [3.63, 3.8) is 0 Å². The average molecular weight is 320 g/mol. The summed E-state index contributed by atoms with van der Waals surface area (Å²) >= 11 is 0. The Labute approximate surface area is 137 Å². The van der Waals surface area contributed by atoms with Gasteiger partial charge in [-0.25, -0.2) is 9.97 Å². The van der Waals surface area contributed by atoms with Gasteiger partial charge in [0.2, 0.25) is 0 Å². The number of rotatable bonds is 2. The third-order valence-electron chi connectivity index (χ3n) is 4.36. The molecule has 120 valence electrons. The van der Waals surface area contributed by atoms with Crippen LogP contribution in [0.15, 0.2) is 36.4 Å². The molecule has 0 saturated carbocycles. The number of aromatic nitrogens is 5. The first-order valence-corrected chi connectivity index (χ1v) is 8.01. The second-order valence-electron chi connectivity index (χ2n) is 5.84. The van der Waals surface area contributed by atoms with Crippen LogP contribution in [0.3, 0.4) is 0 Å². The van der Waals surface area contributed by atoms with Crippen molar-refractivity contribution in [2.45, 2.75) is 0 Å². The van der Waals surface area contributed by atoms with E-state index in [0.717, 1.165) is 60.1 Å². The van der Waals surface area contributed by atoms with E-state index >= 15 is 0 Å². The molecule has 0 spiro atoms. The van der Waals surface area contributed by atoms with Gasteiger partial charge in [0.25, 0.3) is 0 Å². The van der Waals surface area contributed by atoms with Crippen molar-refractivity contribution in [1.82, 2.24) is 25.1 Å². The van der Waals surface area contributed by atoms with Crippen molar-refractivity contribution < 1.29 is 4.74 Å². The Balaban J connectivity index is 1.58. The molecule has 5 rings (SSSR count). The maximum Gasteiger partial charge on any atom is 0.180 e. The van der Waals surface area contributed by atoms with Gasteiger partial charge in [-0.2, -0.15) is 5.10 Å². The normalized spacial score (nSPS) is 15.4. The fraction of sp³-hybridized carbons (Fsp3) is 0.235. The zero-order valence-corrected chi connectivity index (χ0v) is 13.0. The van der Waals surface area contributed by atoms with Crippen molar-refractivity contribution in [3.05, 3.63) is 36.4 Å². The molecule has 4 heterocycles. The molecule has 1 aromatic carbocycles. The van der Waals surface area contributed by atoms with Gasteiger partial charge < -0.3 is 14.6 Å². The Kier molecular flexibility index (Phi) is 2.99. The lowest BCUT2D eigenvalue weighted by atomic mass is 10.2. The molecule has 3 aromatic heterocycles. The predicted octanol–water partition coefficient (Wildman–Crippen LogP) is 2.34. The molecule has 0 radical (unpaired) electrons. The summed E-state index contributed by atoms with van der Waals surface area (Å²) < 4.78 is 5.40. The quantitative estimate of drug-likeness (QED) is 0.592. The first kappa shape index (κ1) is 13.5. The molecule has 1 aliphatic rings. The molecule has 0 bridgehead atoms. The Morgan fingerprint density at radius 1 is 0.958 bits per heavy atom. The van der Waals surface area contributed by atoms with Gasteiger partial charge >= 0.3 is 0 Å². The number of benzene rings is 1. The Bertz CT molecular complexity index is 1010. The molecule has 7 heteroatoms. The zero-order chi connectivity index (χ0) is 15.9. The van der Waals surface area contributed by atoms with E-state index in [1.54, 1.807) is 0 Å². The number of imidazole rings is 1. The topological polar surface area (TPSA) is 82.7 Å². The molecule has 0 unspecified atom stereocenters. The summed E-state index contributed by atoms with van der Waals surface area (Å²) in [5, 5.41) is 8.49. The monoisotopic (exact) mass is 320 g/mol. The summed E-state index contributed by atoms with van der Waals surface area (Å²) in [6, 6.07) is 12.1. The second kappa shape index (κ2) is 5.31. The number of H-pyrrole nitrogens is 2. The van der Waals surface area contributed by atoms with Gasteiger partial charge in [0, 0.05) is 18.5 Å². The van der Waals surface area contributed by atoms with Crippen molar-refractivity contribution in [1.29, 1.82) is 0 Å². The molecule has 1 saturated heterocycles. The maximum atomic E-state index is 5.40. The van der Waals surface area contributed by atoms with Gasteiger partial charge in [0.05, 0.1) is 24.2 Å². The van der Waals surface area contributed by atoms with Crippen molar-refractivity contribution >= 4 is 27.9 Å². The number of ether oxygens (including phenoxy) is 1. The smallest absolute Gasteiger partial charge is 0.180 e. The molecule has 2 N–H and O–H groups in total. The fourth-order valence-corrected chi connectivity index (χ4v) is 3.11. The van der Waals surface area contributed by atoms with Gasteiger partial charge in [-0.1, -0.05) is 18.2 Å². The van der Waals surface area contributed by atoms with Gasteiger partial charge in [-0.05, 0) is 18.2 Å². The molecule has 7 nitrogen and oxygen atoms in total. The molecule has 1 aliphatic heterocycles. The van der Waals surface area contributed by atoms with E-state index in [0.29, 0.717) is 5.65 Å². The number of hydrogen-bond donors (Lipinski definition) is 2. The van der Waals surface area contributed by atoms with E-state index in [-0.39, 0.29) is 0 Å². The lowest BCUT2D eigenvalue weighted by Crippen LogP contribution is -2.36. The number of fused-ring (bicyclic) bond motifs is 2. The first-order valence-electron chi connectivity index (χ1n) is 8.01. The lowest BCUT2D eigenvalue weighted by molar-refractivity contribution is 0.122. The van der Waals surface area contributed by atoms with E-state index in [9.17, 15) is 0 Å². The summed E-state index contributed by atoms with van der Waals surface area (Å²) in [7, 11) is 0. The van der Waals surface area contributed by atoms with E-state index in [1.807, 2.05) is 36.4 Å². The molecule has 0 aliphatic carbocycles. The standard InChI is InChI=1S/C17H16N6O/c1-2-4-12-11(3-1)15(22-21-12)17-18-13-5-6-14(19-16(13)20-17)23-7-9-24-10-8-23/h1-6H,7-10H2,(H,21,22)(H,18,19,20). The van der Waals surface area contributed by atoms with Crippen molar-refractivity contribution in [3.8, 4) is 11.5 Å². The first-order chi connectivity index (χ1) is 11.9. The highest BCUT2D eigenvalue weighted by atomic mass is 16.5. The Morgan fingerprint density at radius 2 is 1.83 bits per heavy atom. The minimum Gasteiger partial charge on any atom is -0.378 e. The third kappa shape index (κ3) is 2.13. The lowest BCUT2D eigenvalue weighted by Gasteiger charge is -2.27. The van der Waals surface area contributed by atoms with Crippen LogP contribution < -0.4 is 4.90 Å². The Hall–Kier alpha value is -2.93. The molecular weight excluding hydrogens is 304 g/mol. The number of para-hydroxylation sites is 1. The second-order valence-corrected chi connectivity index (χ2v) is 5.84. The number of nitrogens with zero attached hydrogens (tertiary/aromatic N) is 4. The van der Waals surface area contributed by atoms with Gasteiger partial charge in [0.1, 0.15) is 11.5 Å². The van der Waals surface area contributed by atoms with Crippen molar-refractivity contribution in [2.24, 2.45) is 0 Å². The molecular formula is C17H16N6O. The van der Waals surface area contributed by atoms with E-state index < -0.39 is 0 Å². The van der Waals surface area contributed by atoms with E-state index in [1.165, 1.54) is 0 Å². The molecule has 0 amide bonds. The summed E-state index contributed by atoms with van der Waals surface area (Å²) in [5.74, 6) is 1.67. The molecule has 24 heavy (non-hydrogen) atoms. The van der Waals surface area contributed by atoms with Crippen molar-refractivity contribution in [2.75, 3.05) is 31.2 Å². The van der Waals surface area contributed by atoms with Crippen LogP contribution in [-0.4, -0.2) is 51.5 Å². The minimum absolute atomic E-state index is 0.709. The van der Waals surface area contributed by atoms with Crippen LogP contribution in [0.4, 0.5) is 5.82 Å². The molecule has 4 aromatic rings. The summed E-state index contributed by atoms with van der Waals surface area (Å²) in [6.07, 6.45) is 0. The van der Waals surface area contributed by atoms with E-state index in [4.69, 9.17) is 9.72 Å². The van der Waals surface area contributed by atoms with Crippen LogP contribution in [0.25, 0.3) is 33.6 Å². The minimum atomic E-state index is 0.709. The number of pyridine rings is 1. The SMILES string of the molecule is c1ccc2c(-c3nc4nc(N5CCOCC5)ccc4[nH]3)n[nH]c2c1. The largest absolute Gasteiger partial charge is 0.378 e. The summed E-state index contributed by atoms with van der Waals surface area (Å²) in [5.41, 5.74) is 3.43. The summed E-state index contributed by atoms with van der Waals surface area (Å²) in [4.78, 5) is 14.9. The number of nitrogens with one attached hydrogen (secondary N) is 2. The maximum absolute atomic E-state index is 5.40. The summed E-state index contributed by atoms with van der Waals surface area (Å²) in [6.45, 7) is 3.20. The van der Waals surface area contributed by atoms with Gasteiger partial charge in [0.15, 0.2) is 11.5 Å². The van der Waals surface area contributed by atoms with Gasteiger partial charge in [-0.15, -0.1) is 0 Å². The molecule has 0 atom stereocenters. The Morgan fingerprint density at radius 3 is 2.75 bits per heavy atom. The highest BCUT2D eigenvalue weighted by molar-refractivity contribution is 5.92. The average Bonchev–Trinajstić information content (AvgIpc) is 3.25.